The zero-order chi connectivity index (χ0) is 25.3. The summed E-state index contributed by atoms with van der Waals surface area (Å²) in [7, 11) is 0. The minimum absolute atomic E-state index is 0.148. The van der Waals surface area contributed by atoms with E-state index in [1.807, 2.05) is 0 Å². The Morgan fingerprint density at radius 3 is 2.17 bits per heavy atom. The van der Waals surface area contributed by atoms with Crippen LogP contribution in [0.4, 0.5) is 5.69 Å². The summed E-state index contributed by atoms with van der Waals surface area (Å²) in [6.45, 7) is -0.266. The van der Waals surface area contributed by atoms with E-state index in [1.165, 1.54) is 12.1 Å². The van der Waals surface area contributed by atoms with E-state index >= 15 is 0 Å². The number of carbonyl (C=O) groups excluding carboxylic acids is 3. The molecule has 1 aliphatic rings. The lowest BCUT2D eigenvalue weighted by Gasteiger charge is -2.10. The average molecular weight is 571 g/mol. The Morgan fingerprint density at radius 1 is 0.857 bits per heavy atom. The summed E-state index contributed by atoms with van der Waals surface area (Å²) in [6.07, 6.45) is 0. The predicted molar refractivity (Wildman–Crippen MR) is 140 cm³/mol. The Hall–Kier alpha value is -2.28. The van der Waals surface area contributed by atoms with Gasteiger partial charge in [0.05, 0.1) is 17.5 Å². The van der Waals surface area contributed by atoms with Crippen LogP contribution < -0.4 is 10.6 Å². The van der Waals surface area contributed by atoms with Gasteiger partial charge in [0.25, 0.3) is 5.91 Å². The summed E-state index contributed by atoms with van der Waals surface area (Å²) >= 11 is 31.2. The summed E-state index contributed by atoms with van der Waals surface area (Å²) in [5.41, 5.74) is 1.55. The van der Waals surface area contributed by atoms with Gasteiger partial charge in [0.1, 0.15) is 4.33 Å². The molecular weight excluding hydrogens is 554 g/mol. The van der Waals surface area contributed by atoms with Gasteiger partial charge in [-0.2, -0.15) is 0 Å². The van der Waals surface area contributed by atoms with Crippen molar-refractivity contribution in [2.24, 2.45) is 5.92 Å². The fraction of sp³-hybridized carbons (Fsp3) is 0.160. The highest BCUT2D eigenvalue weighted by Gasteiger charge is 2.67. The third-order valence-electron chi connectivity index (χ3n) is 5.56. The van der Waals surface area contributed by atoms with Crippen LogP contribution in [-0.4, -0.2) is 28.5 Å². The molecule has 0 heterocycles. The largest absolute Gasteiger partial charge is 0.345 e. The summed E-state index contributed by atoms with van der Waals surface area (Å²) in [5, 5.41) is 6.29. The van der Waals surface area contributed by atoms with Gasteiger partial charge in [-0.3, -0.25) is 14.4 Å². The van der Waals surface area contributed by atoms with E-state index in [0.29, 0.717) is 26.9 Å². The van der Waals surface area contributed by atoms with Gasteiger partial charge in [-0.15, -0.1) is 23.2 Å². The number of Topliss-reactive ketones (excluding diaryl/α,β-unsaturated/α-hetero) is 1. The van der Waals surface area contributed by atoms with E-state index in [-0.39, 0.29) is 23.0 Å². The molecule has 0 spiro atoms. The molecule has 1 saturated carbocycles. The first-order chi connectivity index (χ1) is 16.6. The molecular formula is C25H17Cl5N2O3. The van der Waals surface area contributed by atoms with Crippen LogP contribution in [0.25, 0.3) is 0 Å². The van der Waals surface area contributed by atoms with E-state index in [4.69, 9.17) is 58.0 Å². The van der Waals surface area contributed by atoms with E-state index < -0.39 is 27.9 Å². The molecule has 10 heteroatoms. The molecule has 2 atom stereocenters. The summed E-state index contributed by atoms with van der Waals surface area (Å²) in [5.74, 6) is -2.52. The Labute approximate surface area is 226 Å². The van der Waals surface area contributed by atoms with Crippen LogP contribution in [0.3, 0.4) is 0 Å². The molecule has 35 heavy (non-hydrogen) atoms. The van der Waals surface area contributed by atoms with Crippen molar-refractivity contribution < 1.29 is 14.4 Å². The minimum atomic E-state index is -1.34. The van der Waals surface area contributed by atoms with Gasteiger partial charge in [-0.05, 0) is 54.1 Å². The molecule has 1 aliphatic carbocycles. The fourth-order valence-corrected chi connectivity index (χ4v) is 5.40. The van der Waals surface area contributed by atoms with E-state index in [2.05, 4.69) is 10.6 Å². The predicted octanol–water partition coefficient (Wildman–Crippen LogP) is 6.79. The third-order valence-corrected chi connectivity index (χ3v) is 7.27. The van der Waals surface area contributed by atoms with Gasteiger partial charge >= 0.3 is 0 Å². The number of hydrogen-bond donors (Lipinski definition) is 2. The van der Waals surface area contributed by atoms with E-state index in [9.17, 15) is 14.4 Å². The van der Waals surface area contributed by atoms with Crippen LogP contribution in [0.15, 0.2) is 66.7 Å². The van der Waals surface area contributed by atoms with Crippen LogP contribution in [0, 0.1) is 5.92 Å². The first kappa shape index (κ1) is 25.8. The summed E-state index contributed by atoms with van der Waals surface area (Å²) in [6, 6.07) is 17.9. The molecule has 2 N–H and O–H groups in total. The topological polar surface area (TPSA) is 75.3 Å². The maximum atomic E-state index is 13.0. The normalized spacial score (nSPS) is 18.0. The smallest absolute Gasteiger partial charge is 0.251 e. The molecule has 2 unspecified atom stereocenters. The maximum Gasteiger partial charge on any atom is 0.251 e. The molecule has 3 aromatic carbocycles. The monoisotopic (exact) mass is 568 g/mol. The Morgan fingerprint density at radius 2 is 1.51 bits per heavy atom. The van der Waals surface area contributed by atoms with Crippen LogP contribution in [0.5, 0.6) is 0 Å². The van der Waals surface area contributed by atoms with Crippen LogP contribution in [0.2, 0.25) is 15.1 Å². The number of nitrogens with one attached hydrogen (secondary N) is 2. The Bertz CT molecular complexity index is 1290. The molecule has 1 fully saturated rings. The Kier molecular flexibility index (Phi) is 7.65. The van der Waals surface area contributed by atoms with Crippen molar-refractivity contribution in [2.75, 3.05) is 11.9 Å². The number of ketones is 1. The molecule has 0 radical (unpaired) electrons. The maximum absolute atomic E-state index is 13.0. The first-order valence-corrected chi connectivity index (χ1v) is 12.3. The van der Waals surface area contributed by atoms with Crippen LogP contribution in [-0.2, 0) is 4.79 Å². The zero-order valence-corrected chi connectivity index (χ0v) is 21.6. The standard InChI is InChI=1S/C25H17Cl5N2O3/c26-15-8-14(9-16(27)10-15)21-22(25(21,29)30)24(35)32-17-6-7-19(28)18(11-17)20(33)12-31-23(34)13-4-2-1-3-5-13/h1-11,21-22H,12H2,(H,31,34)(H,32,35). The number of hydrogen-bond acceptors (Lipinski definition) is 3. The number of alkyl halides is 2. The van der Waals surface area contributed by atoms with E-state index in [0.717, 1.165) is 0 Å². The zero-order valence-electron chi connectivity index (χ0n) is 17.8. The van der Waals surface area contributed by atoms with Gasteiger partial charge in [-0.1, -0.05) is 53.0 Å². The molecule has 0 saturated heterocycles. The van der Waals surface area contributed by atoms with Gasteiger partial charge in [0, 0.05) is 32.8 Å². The van der Waals surface area contributed by atoms with Gasteiger partial charge in [-0.25, -0.2) is 0 Å². The number of halogens is 5. The number of rotatable bonds is 7. The number of carbonyl (C=O) groups is 3. The molecule has 0 aromatic heterocycles. The van der Waals surface area contributed by atoms with Crippen molar-refractivity contribution in [2.45, 2.75) is 10.3 Å². The van der Waals surface area contributed by atoms with Crippen molar-refractivity contribution >= 4 is 81.3 Å². The lowest BCUT2D eigenvalue weighted by molar-refractivity contribution is -0.117. The molecule has 3 aromatic rings. The number of amides is 2. The van der Waals surface area contributed by atoms with Crippen molar-refractivity contribution in [1.82, 2.24) is 5.32 Å². The quantitative estimate of drug-likeness (QED) is 0.243. The van der Waals surface area contributed by atoms with Crippen molar-refractivity contribution in [1.29, 1.82) is 0 Å². The summed E-state index contributed by atoms with van der Waals surface area (Å²) in [4.78, 5) is 37.9. The van der Waals surface area contributed by atoms with Crippen molar-refractivity contribution in [3.8, 4) is 0 Å². The molecule has 0 bridgehead atoms. The second-order valence-corrected chi connectivity index (χ2v) is 10.7. The van der Waals surface area contributed by atoms with Gasteiger partial charge in [0.2, 0.25) is 5.91 Å². The fourth-order valence-electron chi connectivity index (χ4n) is 3.81. The lowest BCUT2D eigenvalue weighted by Crippen LogP contribution is -2.29. The summed E-state index contributed by atoms with van der Waals surface area (Å²) < 4.78 is -1.34. The average Bonchev–Trinajstić information content (AvgIpc) is 3.40. The molecule has 180 valence electrons. The second-order valence-electron chi connectivity index (χ2n) is 7.99. The molecule has 0 aliphatic heterocycles. The van der Waals surface area contributed by atoms with Crippen LogP contribution >= 0.6 is 58.0 Å². The molecule has 2 amide bonds. The van der Waals surface area contributed by atoms with Crippen molar-refractivity contribution in [3.05, 3.63) is 98.5 Å². The SMILES string of the molecule is O=C(NCC(=O)c1cc(NC(=O)C2C(c3cc(Cl)cc(Cl)c3)C2(Cl)Cl)ccc1Cl)c1ccccc1. The molecule has 5 nitrogen and oxygen atoms in total. The number of benzene rings is 3. The lowest BCUT2D eigenvalue weighted by atomic mass is 10.1. The van der Waals surface area contributed by atoms with Crippen molar-refractivity contribution in [3.63, 3.8) is 0 Å². The Balaban J connectivity index is 1.44. The highest BCUT2D eigenvalue weighted by Crippen LogP contribution is 2.65. The minimum Gasteiger partial charge on any atom is -0.345 e. The number of anilines is 1. The molecule has 4 rings (SSSR count). The van der Waals surface area contributed by atoms with E-state index in [1.54, 1.807) is 54.6 Å². The highest BCUT2D eigenvalue weighted by atomic mass is 35.5. The van der Waals surface area contributed by atoms with Gasteiger partial charge < -0.3 is 10.6 Å². The van der Waals surface area contributed by atoms with Gasteiger partial charge in [0.15, 0.2) is 5.78 Å². The third kappa shape index (κ3) is 5.76. The highest BCUT2D eigenvalue weighted by molar-refractivity contribution is 6.53. The second kappa shape index (κ2) is 10.4. The first-order valence-electron chi connectivity index (χ1n) is 10.4. The van der Waals surface area contributed by atoms with Crippen LogP contribution in [0.1, 0.15) is 32.2 Å².